The van der Waals surface area contributed by atoms with Gasteiger partial charge in [-0.15, -0.1) is 0 Å². The minimum absolute atomic E-state index is 0.0592. The van der Waals surface area contributed by atoms with Crippen LogP contribution in [-0.4, -0.2) is 12.2 Å². The molecule has 0 aromatic heterocycles. The summed E-state index contributed by atoms with van der Waals surface area (Å²) >= 11 is 5.77. The molecule has 0 bridgehead atoms. The fourth-order valence-electron chi connectivity index (χ4n) is 2.69. The first-order valence-corrected chi connectivity index (χ1v) is 7.00. The average molecular weight is 310 g/mol. The van der Waals surface area contributed by atoms with Crippen molar-refractivity contribution in [3.63, 3.8) is 0 Å². The van der Waals surface area contributed by atoms with Gasteiger partial charge in [-0.25, -0.2) is 4.39 Å². The normalized spacial score (nSPS) is 23.9. The summed E-state index contributed by atoms with van der Waals surface area (Å²) in [6.45, 7) is 0.0592. The van der Waals surface area contributed by atoms with Gasteiger partial charge in [0.25, 0.3) is 0 Å². The third-order valence-electron chi connectivity index (χ3n) is 3.75. The Hall–Kier alpha value is -0.810. The Balaban J connectivity index is 2.03. The van der Waals surface area contributed by atoms with E-state index < -0.39 is 24.0 Å². The van der Waals surface area contributed by atoms with Crippen LogP contribution in [0.4, 0.5) is 17.6 Å². The summed E-state index contributed by atoms with van der Waals surface area (Å²) in [7, 11) is 0. The van der Waals surface area contributed by atoms with E-state index in [-0.39, 0.29) is 13.0 Å². The van der Waals surface area contributed by atoms with E-state index in [1.54, 1.807) is 0 Å². The van der Waals surface area contributed by atoms with Gasteiger partial charge in [0.2, 0.25) is 0 Å². The molecule has 2 unspecified atom stereocenters. The van der Waals surface area contributed by atoms with E-state index >= 15 is 0 Å². The summed E-state index contributed by atoms with van der Waals surface area (Å²) < 4.78 is 52.3. The summed E-state index contributed by atoms with van der Waals surface area (Å²) in [6.07, 6.45) is -2.24. The Morgan fingerprint density at radius 2 is 1.90 bits per heavy atom. The highest BCUT2D eigenvalue weighted by atomic mass is 35.5. The number of hydrogen-bond donors (Lipinski definition) is 1. The highest BCUT2D eigenvalue weighted by Crippen LogP contribution is 2.37. The number of alkyl halides is 3. The van der Waals surface area contributed by atoms with E-state index in [4.69, 9.17) is 11.6 Å². The van der Waals surface area contributed by atoms with Crippen molar-refractivity contribution in [2.75, 3.05) is 0 Å². The minimum atomic E-state index is -4.20. The Labute approximate surface area is 120 Å². The lowest BCUT2D eigenvalue weighted by Gasteiger charge is -2.33. The molecule has 2 rings (SSSR count). The van der Waals surface area contributed by atoms with Crippen LogP contribution in [0.1, 0.15) is 31.2 Å². The lowest BCUT2D eigenvalue weighted by Crippen LogP contribution is -2.45. The zero-order valence-electron chi connectivity index (χ0n) is 10.8. The maximum Gasteiger partial charge on any atom is 0.393 e. The molecule has 2 atom stereocenters. The quantitative estimate of drug-likeness (QED) is 0.799. The molecule has 0 saturated heterocycles. The maximum atomic E-state index is 13.5. The van der Waals surface area contributed by atoms with Crippen LogP contribution < -0.4 is 5.32 Å². The van der Waals surface area contributed by atoms with Gasteiger partial charge in [0.05, 0.1) is 5.92 Å². The largest absolute Gasteiger partial charge is 0.393 e. The van der Waals surface area contributed by atoms with Crippen LogP contribution in [0, 0.1) is 11.7 Å². The van der Waals surface area contributed by atoms with Gasteiger partial charge in [0.15, 0.2) is 0 Å². The van der Waals surface area contributed by atoms with Gasteiger partial charge < -0.3 is 5.32 Å². The van der Waals surface area contributed by atoms with Gasteiger partial charge in [-0.3, -0.25) is 0 Å². The van der Waals surface area contributed by atoms with Crippen LogP contribution >= 0.6 is 11.6 Å². The van der Waals surface area contributed by atoms with E-state index in [0.717, 1.165) is 6.42 Å². The van der Waals surface area contributed by atoms with Crippen LogP contribution in [0.5, 0.6) is 0 Å². The fraction of sp³-hybridized carbons (Fsp3) is 0.571. The molecule has 1 aliphatic rings. The van der Waals surface area contributed by atoms with Gasteiger partial charge in [-0.1, -0.05) is 24.4 Å². The second kappa shape index (κ2) is 6.31. The molecule has 0 heterocycles. The third kappa shape index (κ3) is 3.85. The summed E-state index contributed by atoms with van der Waals surface area (Å²) in [5, 5.41) is 3.22. The molecule has 1 aliphatic carbocycles. The van der Waals surface area contributed by atoms with Crippen LogP contribution in [0.2, 0.25) is 5.02 Å². The summed E-state index contributed by atoms with van der Waals surface area (Å²) in [6, 6.07) is 3.43. The second-order valence-corrected chi connectivity index (χ2v) is 5.59. The number of benzene rings is 1. The van der Waals surface area contributed by atoms with E-state index in [2.05, 4.69) is 5.32 Å². The Bertz CT molecular complexity index is 461. The van der Waals surface area contributed by atoms with Gasteiger partial charge >= 0.3 is 6.18 Å². The van der Waals surface area contributed by atoms with Crippen molar-refractivity contribution in [3.05, 3.63) is 34.6 Å². The number of halogens is 5. The predicted octanol–water partition coefficient (Wildman–Crippen LogP) is 4.69. The molecular weight excluding hydrogens is 294 g/mol. The van der Waals surface area contributed by atoms with E-state index in [1.165, 1.54) is 18.2 Å². The second-order valence-electron chi connectivity index (χ2n) is 5.16. The van der Waals surface area contributed by atoms with Crippen molar-refractivity contribution in [1.82, 2.24) is 5.32 Å². The van der Waals surface area contributed by atoms with Crippen LogP contribution in [-0.2, 0) is 6.54 Å². The van der Waals surface area contributed by atoms with E-state index in [1.807, 2.05) is 0 Å². The number of rotatable bonds is 3. The van der Waals surface area contributed by atoms with Crippen LogP contribution in [0.3, 0.4) is 0 Å². The first-order chi connectivity index (χ1) is 9.38. The zero-order valence-corrected chi connectivity index (χ0v) is 11.6. The molecule has 1 fully saturated rings. The molecule has 0 amide bonds. The van der Waals surface area contributed by atoms with Crippen molar-refractivity contribution in [1.29, 1.82) is 0 Å². The third-order valence-corrected chi connectivity index (χ3v) is 3.98. The molecule has 1 aromatic carbocycles. The van der Waals surface area contributed by atoms with Crippen LogP contribution in [0.25, 0.3) is 0 Å². The Kier molecular flexibility index (Phi) is 4.91. The van der Waals surface area contributed by atoms with Gasteiger partial charge in [-0.2, -0.15) is 13.2 Å². The number of hydrogen-bond acceptors (Lipinski definition) is 1. The number of nitrogens with one attached hydrogen (secondary N) is 1. The van der Waals surface area contributed by atoms with Crippen molar-refractivity contribution >= 4 is 11.6 Å². The first kappa shape index (κ1) is 15.6. The van der Waals surface area contributed by atoms with Crippen molar-refractivity contribution < 1.29 is 17.6 Å². The fourth-order valence-corrected chi connectivity index (χ4v) is 2.88. The van der Waals surface area contributed by atoms with Crippen molar-refractivity contribution in [2.45, 2.75) is 44.4 Å². The van der Waals surface area contributed by atoms with Crippen LogP contribution in [0.15, 0.2) is 18.2 Å². The highest BCUT2D eigenvalue weighted by Gasteiger charge is 2.45. The summed E-state index contributed by atoms with van der Waals surface area (Å²) in [4.78, 5) is 0. The zero-order chi connectivity index (χ0) is 14.8. The topological polar surface area (TPSA) is 12.0 Å². The lowest BCUT2D eigenvalue weighted by atomic mass is 9.84. The minimum Gasteiger partial charge on any atom is -0.309 e. The molecular formula is C14H16ClF4N. The van der Waals surface area contributed by atoms with E-state index in [0.29, 0.717) is 23.4 Å². The van der Waals surface area contributed by atoms with Gasteiger partial charge in [0.1, 0.15) is 5.82 Å². The van der Waals surface area contributed by atoms with Gasteiger partial charge in [0, 0.05) is 23.2 Å². The Morgan fingerprint density at radius 3 is 2.60 bits per heavy atom. The molecule has 1 nitrogen and oxygen atoms in total. The SMILES string of the molecule is Fc1ccc(Cl)cc1CNC1CCCCC1C(F)(F)F. The molecule has 112 valence electrons. The highest BCUT2D eigenvalue weighted by molar-refractivity contribution is 6.30. The van der Waals surface area contributed by atoms with Crippen molar-refractivity contribution in [2.24, 2.45) is 5.92 Å². The smallest absolute Gasteiger partial charge is 0.309 e. The molecule has 0 spiro atoms. The average Bonchev–Trinajstić information content (AvgIpc) is 2.39. The standard InChI is InChI=1S/C14H16ClF4N/c15-10-5-6-12(16)9(7-10)8-20-13-4-2-1-3-11(13)14(17,18)19/h5-7,11,13,20H,1-4,8H2. The van der Waals surface area contributed by atoms with Gasteiger partial charge in [-0.05, 0) is 31.0 Å². The summed E-state index contributed by atoms with van der Waals surface area (Å²) in [5.74, 6) is -1.81. The summed E-state index contributed by atoms with van der Waals surface area (Å²) in [5.41, 5.74) is 0.295. The first-order valence-electron chi connectivity index (χ1n) is 6.62. The molecule has 20 heavy (non-hydrogen) atoms. The molecule has 6 heteroatoms. The van der Waals surface area contributed by atoms with Crippen molar-refractivity contribution in [3.8, 4) is 0 Å². The molecule has 1 N–H and O–H groups in total. The lowest BCUT2D eigenvalue weighted by molar-refractivity contribution is -0.189. The molecule has 0 aliphatic heterocycles. The van der Waals surface area contributed by atoms with E-state index in [9.17, 15) is 17.6 Å². The molecule has 0 radical (unpaired) electrons. The molecule has 1 saturated carbocycles. The monoisotopic (exact) mass is 309 g/mol. The maximum absolute atomic E-state index is 13.5. The predicted molar refractivity (Wildman–Crippen MR) is 70.1 cm³/mol. The molecule has 1 aromatic rings. The Morgan fingerprint density at radius 1 is 1.20 bits per heavy atom.